The zero-order valence-electron chi connectivity index (χ0n) is 15.4. The monoisotopic (exact) mass is 366 g/mol. The molecule has 1 aliphatic rings. The Morgan fingerprint density at radius 3 is 2.78 bits per heavy atom. The minimum atomic E-state index is -0.0946. The van der Waals surface area contributed by atoms with Crippen LogP contribution in [0.3, 0.4) is 0 Å². The molecule has 1 N–H and O–H groups in total. The van der Waals surface area contributed by atoms with Crippen molar-refractivity contribution in [3.63, 3.8) is 0 Å². The van der Waals surface area contributed by atoms with E-state index < -0.39 is 0 Å². The Balaban J connectivity index is 1.39. The number of amides is 2. The van der Waals surface area contributed by atoms with Crippen molar-refractivity contribution in [2.45, 2.75) is 18.8 Å². The molecule has 27 heavy (non-hydrogen) atoms. The van der Waals surface area contributed by atoms with Crippen LogP contribution in [0.1, 0.15) is 24.5 Å². The Morgan fingerprint density at radius 1 is 1.26 bits per heavy atom. The van der Waals surface area contributed by atoms with Gasteiger partial charge in [0.2, 0.25) is 0 Å². The third-order valence-electron chi connectivity index (χ3n) is 4.82. The molecule has 4 rings (SSSR count). The molecule has 2 amide bonds. The van der Waals surface area contributed by atoms with Crippen LogP contribution in [0.2, 0.25) is 0 Å². The van der Waals surface area contributed by atoms with Crippen LogP contribution >= 0.6 is 0 Å². The molecule has 3 aromatic rings. The normalized spacial score (nSPS) is 15.1. The van der Waals surface area contributed by atoms with E-state index in [0.29, 0.717) is 36.3 Å². The molecule has 140 valence electrons. The number of likely N-dealkylation sites (tertiary alicyclic amines) is 1. The predicted molar refractivity (Wildman–Crippen MR) is 103 cm³/mol. The Kier molecular flexibility index (Phi) is 4.62. The van der Waals surface area contributed by atoms with Gasteiger partial charge in [0.1, 0.15) is 11.8 Å². The standard InChI is InChI=1S/C19H22N6O2/c1-24(2)19-23-16-4-3-14(11-17(16)27-19)22-18(26)25-9-6-13(7-10-25)15-5-8-20-12-21-15/h3-5,8,11-13H,6-7,9-10H2,1-2H3,(H,22,26). The van der Waals surface area contributed by atoms with Crippen molar-refractivity contribution in [3.8, 4) is 0 Å². The van der Waals surface area contributed by atoms with Crippen molar-refractivity contribution in [1.82, 2.24) is 19.9 Å². The topological polar surface area (TPSA) is 87.4 Å². The van der Waals surface area contributed by atoms with Crippen LogP contribution in [0.25, 0.3) is 11.1 Å². The number of piperidine rings is 1. The summed E-state index contributed by atoms with van der Waals surface area (Å²) >= 11 is 0. The molecule has 3 heterocycles. The fourth-order valence-corrected chi connectivity index (χ4v) is 3.30. The molecule has 0 saturated carbocycles. The average molecular weight is 366 g/mol. The van der Waals surface area contributed by atoms with Crippen LogP contribution < -0.4 is 10.2 Å². The number of nitrogens with one attached hydrogen (secondary N) is 1. The van der Waals surface area contributed by atoms with Gasteiger partial charge in [0.25, 0.3) is 6.01 Å². The minimum absolute atomic E-state index is 0.0946. The van der Waals surface area contributed by atoms with E-state index in [-0.39, 0.29) is 6.03 Å². The molecule has 0 atom stereocenters. The minimum Gasteiger partial charge on any atom is -0.423 e. The summed E-state index contributed by atoms with van der Waals surface area (Å²) in [6, 6.07) is 7.90. The van der Waals surface area contributed by atoms with Crippen molar-refractivity contribution >= 4 is 28.8 Å². The molecule has 8 nitrogen and oxygen atoms in total. The van der Waals surface area contributed by atoms with E-state index in [4.69, 9.17) is 4.42 Å². The number of anilines is 2. The molecule has 8 heteroatoms. The van der Waals surface area contributed by atoms with Gasteiger partial charge >= 0.3 is 6.03 Å². The summed E-state index contributed by atoms with van der Waals surface area (Å²) < 4.78 is 5.70. The summed E-state index contributed by atoms with van der Waals surface area (Å²) in [5, 5.41) is 2.96. The van der Waals surface area contributed by atoms with Gasteiger partial charge in [-0.25, -0.2) is 14.8 Å². The van der Waals surface area contributed by atoms with Crippen LogP contribution in [0.15, 0.2) is 41.2 Å². The van der Waals surface area contributed by atoms with Crippen molar-refractivity contribution in [1.29, 1.82) is 0 Å². The van der Waals surface area contributed by atoms with Crippen LogP contribution in [-0.4, -0.2) is 53.1 Å². The third kappa shape index (κ3) is 3.69. The Hall–Kier alpha value is -3.16. The van der Waals surface area contributed by atoms with Crippen molar-refractivity contribution in [3.05, 3.63) is 42.5 Å². The fraction of sp³-hybridized carbons (Fsp3) is 0.368. The number of benzene rings is 1. The summed E-state index contributed by atoms with van der Waals surface area (Å²) in [5.74, 6) is 0.382. The van der Waals surface area contributed by atoms with Crippen molar-refractivity contribution in [2.75, 3.05) is 37.4 Å². The van der Waals surface area contributed by atoms with Gasteiger partial charge in [0, 0.05) is 56.7 Å². The quantitative estimate of drug-likeness (QED) is 0.766. The molecule has 0 bridgehead atoms. The largest absolute Gasteiger partial charge is 0.423 e. The first kappa shape index (κ1) is 17.3. The van der Waals surface area contributed by atoms with Crippen LogP contribution in [0.5, 0.6) is 0 Å². The van der Waals surface area contributed by atoms with Crippen molar-refractivity contribution in [2.24, 2.45) is 0 Å². The van der Waals surface area contributed by atoms with E-state index in [1.807, 2.05) is 37.2 Å². The van der Waals surface area contributed by atoms with E-state index in [1.165, 1.54) is 0 Å². The van der Waals surface area contributed by atoms with Gasteiger partial charge in [-0.15, -0.1) is 0 Å². The molecule has 1 saturated heterocycles. The number of hydrogen-bond donors (Lipinski definition) is 1. The van der Waals surface area contributed by atoms with Gasteiger partial charge < -0.3 is 19.5 Å². The highest BCUT2D eigenvalue weighted by Crippen LogP contribution is 2.27. The molecule has 1 aliphatic heterocycles. The number of rotatable bonds is 3. The molecule has 0 aliphatic carbocycles. The number of aromatic nitrogens is 3. The molecular weight excluding hydrogens is 344 g/mol. The smallest absolute Gasteiger partial charge is 0.321 e. The van der Waals surface area contributed by atoms with E-state index in [1.54, 1.807) is 23.5 Å². The number of urea groups is 1. The molecular formula is C19H22N6O2. The molecule has 1 fully saturated rings. The molecule has 0 spiro atoms. The first-order chi connectivity index (χ1) is 13.1. The molecule has 1 aromatic carbocycles. The third-order valence-corrected chi connectivity index (χ3v) is 4.82. The Morgan fingerprint density at radius 2 is 2.07 bits per heavy atom. The number of fused-ring (bicyclic) bond motifs is 1. The lowest BCUT2D eigenvalue weighted by molar-refractivity contribution is 0.194. The average Bonchev–Trinajstić information content (AvgIpc) is 3.12. The summed E-state index contributed by atoms with van der Waals surface area (Å²) in [6.07, 6.45) is 5.15. The van der Waals surface area contributed by atoms with E-state index >= 15 is 0 Å². The summed E-state index contributed by atoms with van der Waals surface area (Å²) in [6.45, 7) is 1.41. The number of carbonyl (C=O) groups is 1. The number of hydrogen-bond acceptors (Lipinski definition) is 6. The molecule has 0 radical (unpaired) electrons. The summed E-state index contributed by atoms with van der Waals surface area (Å²) in [7, 11) is 3.75. The second-order valence-corrected chi connectivity index (χ2v) is 6.90. The van der Waals surface area contributed by atoms with Crippen LogP contribution in [0.4, 0.5) is 16.5 Å². The fourth-order valence-electron chi connectivity index (χ4n) is 3.30. The highest BCUT2D eigenvalue weighted by atomic mass is 16.4. The predicted octanol–water partition coefficient (Wildman–Crippen LogP) is 3.10. The molecule has 2 aromatic heterocycles. The maximum Gasteiger partial charge on any atom is 0.321 e. The summed E-state index contributed by atoms with van der Waals surface area (Å²) in [5.41, 5.74) is 3.17. The number of oxazole rings is 1. The first-order valence-electron chi connectivity index (χ1n) is 9.00. The van der Waals surface area contributed by atoms with Gasteiger partial charge in [0.15, 0.2) is 5.58 Å². The number of carbonyl (C=O) groups excluding carboxylic acids is 1. The van der Waals surface area contributed by atoms with Gasteiger partial charge in [-0.2, -0.15) is 4.98 Å². The zero-order chi connectivity index (χ0) is 18.8. The van der Waals surface area contributed by atoms with E-state index in [0.717, 1.165) is 24.1 Å². The second kappa shape index (κ2) is 7.22. The zero-order valence-corrected chi connectivity index (χ0v) is 15.4. The van der Waals surface area contributed by atoms with Crippen molar-refractivity contribution < 1.29 is 9.21 Å². The SMILES string of the molecule is CN(C)c1nc2ccc(NC(=O)N3CCC(c4ccncn4)CC3)cc2o1. The van der Waals surface area contributed by atoms with Crippen LogP contribution in [0, 0.1) is 0 Å². The highest BCUT2D eigenvalue weighted by Gasteiger charge is 2.24. The lowest BCUT2D eigenvalue weighted by atomic mass is 9.93. The lowest BCUT2D eigenvalue weighted by Gasteiger charge is -2.31. The number of nitrogens with zero attached hydrogens (tertiary/aromatic N) is 5. The Labute approximate surface area is 157 Å². The lowest BCUT2D eigenvalue weighted by Crippen LogP contribution is -2.40. The highest BCUT2D eigenvalue weighted by molar-refractivity contribution is 5.91. The van der Waals surface area contributed by atoms with Gasteiger partial charge in [-0.05, 0) is 31.0 Å². The van der Waals surface area contributed by atoms with Gasteiger partial charge in [-0.1, -0.05) is 0 Å². The van der Waals surface area contributed by atoms with E-state index in [2.05, 4.69) is 20.3 Å². The molecule has 0 unspecified atom stereocenters. The summed E-state index contributed by atoms with van der Waals surface area (Å²) in [4.78, 5) is 28.9. The van der Waals surface area contributed by atoms with Crippen LogP contribution in [-0.2, 0) is 0 Å². The van der Waals surface area contributed by atoms with E-state index in [9.17, 15) is 4.79 Å². The maximum absolute atomic E-state index is 12.6. The Bertz CT molecular complexity index is 932. The van der Waals surface area contributed by atoms with Gasteiger partial charge in [0.05, 0.1) is 0 Å². The second-order valence-electron chi connectivity index (χ2n) is 6.90. The maximum atomic E-state index is 12.6. The van der Waals surface area contributed by atoms with Gasteiger partial charge in [-0.3, -0.25) is 0 Å². The first-order valence-corrected chi connectivity index (χ1v) is 9.00.